The van der Waals surface area contributed by atoms with Gasteiger partial charge in [-0.15, -0.1) is 0 Å². The number of benzene rings is 2. The van der Waals surface area contributed by atoms with Crippen LogP contribution in [-0.4, -0.2) is 25.0 Å². The summed E-state index contributed by atoms with van der Waals surface area (Å²) in [6, 6.07) is 15.2. The normalized spacial score (nSPS) is 16.2. The summed E-state index contributed by atoms with van der Waals surface area (Å²) in [7, 11) is 0. The molecular weight excluding hydrogens is 346 g/mol. The van der Waals surface area contributed by atoms with E-state index in [1.807, 2.05) is 42.8 Å². The van der Waals surface area contributed by atoms with Gasteiger partial charge < -0.3 is 10.2 Å². The van der Waals surface area contributed by atoms with Crippen LogP contribution in [0.15, 0.2) is 53.5 Å². The van der Waals surface area contributed by atoms with Crippen LogP contribution in [0.2, 0.25) is 0 Å². The highest BCUT2D eigenvalue weighted by molar-refractivity contribution is 8.14. The van der Waals surface area contributed by atoms with Gasteiger partial charge in [-0.2, -0.15) is 5.10 Å². The first-order chi connectivity index (χ1) is 12.5. The first-order valence-electron chi connectivity index (χ1n) is 8.38. The zero-order valence-electron chi connectivity index (χ0n) is 14.5. The monoisotopic (exact) mass is 365 g/mol. The van der Waals surface area contributed by atoms with E-state index in [9.17, 15) is 10.2 Å². The smallest absolute Gasteiger partial charge is 0.157 e. The second-order valence-electron chi connectivity index (χ2n) is 6.34. The average Bonchev–Trinajstić information content (AvgIpc) is 2.93. The second-order valence-corrected chi connectivity index (χ2v) is 7.64. The van der Waals surface area contributed by atoms with Gasteiger partial charge in [-0.05, 0) is 37.1 Å². The number of thioether (sulfide) groups is 1. The molecule has 0 amide bonds. The summed E-state index contributed by atoms with van der Waals surface area (Å²) < 4.78 is 1.94. The number of aromatic nitrogens is 2. The Kier molecular flexibility index (Phi) is 4.20. The fraction of sp³-hybridized carbons (Fsp3) is 0.200. The van der Waals surface area contributed by atoms with E-state index in [0.717, 1.165) is 27.7 Å². The Hall–Kier alpha value is -2.73. The molecular formula is C20H19N3O2S. The van der Waals surface area contributed by atoms with Crippen molar-refractivity contribution in [1.82, 2.24) is 9.78 Å². The molecule has 2 heterocycles. The van der Waals surface area contributed by atoms with E-state index in [-0.39, 0.29) is 16.7 Å². The molecule has 6 heteroatoms. The van der Waals surface area contributed by atoms with Crippen LogP contribution in [0.3, 0.4) is 0 Å². The van der Waals surface area contributed by atoms with Crippen molar-refractivity contribution in [3.8, 4) is 11.5 Å². The van der Waals surface area contributed by atoms with E-state index in [1.54, 1.807) is 17.8 Å². The molecule has 0 saturated heterocycles. The molecule has 0 aliphatic carbocycles. The molecule has 2 N–H and O–H groups in total. The van der Waals surface area contributed by atoms with E-state index in [4.69, 9.17) is 10.1 Å². The number of rotatable bonds is 3. The lowest BCUT2D eigenvalue weighted by Gasteiger charge is -2.22. The highest BCUT2D eigenvalue weighted by Crippen LogP contribution is 2.47. The minimum Gasteiger partial charge on any atom is -0.504 e. The van der Waals surface area contributed by atoms with E-state index < -0.39 is 0 Å². The maximum absolute atomic E-state index is 9.90. The lowest BCUT2D eigenvalue weighted by molar-refractivity contribution is 0.403. The molecule has 0 spiro atoms. The first-order valence-corrected chi connectivity index (χ1v) is 9.26. The average molecular weight is 365 g/mol. The van der Waals surface area contributed by atoms with Crippen LogP contribution in [-0.2, 0) is 6.54 Å². The van der Waals surface area contributed by atoms with Crippen molar-refractivity contribution in [3.63, 3.8) is 0 Å². The van der Waals surface area contributed by atoms with E-state index >= 15 is 0 Å². The van der Waals surface area contributed by atoms with Crippen LogP contribution in [0, 0.1) is 6.92 Å². The minimum atomic E-state index is -0.114. The molecule has 0 unspecified atom stereocenters. The first kappa shape index (κ1) is 16.7. The van der Waals surface area contributed by atoms with Crippen molar-refractivity contribution < 1.29 is 10.2 Å². The molecule has 2 aromatic carbocycles. The van der Waals surface area contributed by atoms with Gasteiger partial charge in [0.1, 0.15) is 0 Å². The Morgan fingerprint density at radius 2 is 1.81 bits per heavy atom. The third-order valence-corrected chi connectivity index (χ3v) is 5.61. The standard InChI is InChI=1S/C20H19N3O2S/c1-12-18-19(15-8-9-16(24)17(25)10-15)26-13(2)21-20(18)23(22-12)11-14-6-4-3-5-7-14/h3-10,19,24-25H,11H2,1-2H3/t19-/m1/s1. The molecule has 0 radical (unpaired) electrons. The molecule has 0 saturated carbocycles. The fourth-order valence-corrected chi connectivity index (χ4v) is 4.37. The Morgan fingerprint density at radius 1 is 1.04 bits per heavy atom. The number of fused-ring (bicyclic) bond motifs is 1. The topological polar surface area (TPSA) is 70.6 Å². The van der Waals surface area contributed by atoms with Crippen molar-refractivity contribution in [2.75, 3.05) is 0 Å². The number of aryl methyl sites for hydroxylation is 1. The summed E-state index contributed by atoms with van der Waals surface area (Å²) in [5, 5.41) is 25.2. The molecule has 0 bridgehead atoms. The molecule has 0 fully saturated rings. The SMILES string of the molecule is CC1=Nc2c(c(C)nn2Cc2ccccc2)[C@@H](c2ccc(O)c(O)c2)S1. The highest BCUT2D eigenvalue weighted by atomic mass is 32.2. The van der Waals surface area contributed by atoms with Gasteiger partial charge in [0.05, 0.1) is 22.5 Å². The zero-order chi connectivity index (χ0) is 18.3. The van der Waals surface area contributed by atoms with Gasteiger partial charge in [-0.1, -0.05) is 48.2 Å². The van der Waals surface area contributed by atoms with E-state index in [0.29, 0.717) is 6.54 Å². The Balaban J connectivity index is 1.79. The summed E-state index contributed by atoms with van der Waals surface area (Å²) in [6.07, 6.45) is 0. The molecule has 1 aliphatic heterocycles. The number of hydrogen-bond acceptors (Lipinski definition) is 5. The van der Waals surface area contributed by atoms with E-state index in [2.05, 4.69) is 12.1 Å². The number of aliphatic imine (C=N–C) groups is 1. The Labute approximate surface area is 156 Å². The Bertz CT molecular complexity index is 996. The fourth-order valence-electron chi connectivity index (χ4n) is 3.22. The minimum absolute atomic E-state index is 0.0153. The van der Waals surface area contributed by atoms with Crippen molar-refractivity contribution in [1.29, 1.82) is 0 Å². The lowest BCUT2D eigenvalue weighted by Crippen LogP contribution is -2.07. The summed E-state index contributed by atoms with van der Waals surface area (Å²) in [5.74, 6) is 0.635. The summed E-state index contributed by atoms with van der Waals surface area (Å²) in [6.45, 7) is 4.63. The third kappa shape index (κ3) is 2.97. The van der Waals surface area contributed by atoms with Gasteiger partial charge in [-0.3, -0.25) is 0 Å². The van der Waals surface area contributed by atoms with Crippen LogP contribution in [0.4, 0.5) is 5.82 Å². The molecule has 132 valence electrons. The van der Waals surface area contributed by atoms with Crippen LogP contribution in [0.5, 0.6) is 11.5 Å². The number of phenolic OH excluding ortho intramolecular Hbond substituents is 2. The number of aromatic hydroxyl groups is 2. The predicted octanol–water partition coefficient (Wildman–Crippen LogP) is 4.54. The van der Waals surface area contributed by atoms with E-state index in [1.165, 1.54) is 11.6 Å². The summed E-state index contributed by atoms with van der Waals surface area (Å²) >= 11 is 1.63. The van der Waals surface area contributed by atoms with Gasteiger partial charge >= 0.3 is 0 Å². The number of phenols is 2. The van der Waals surface area contributed by atoms with Crippen LogP contribution in [0.25, 0.3) is 0 Å². The summed E-state index contributed by atoms with van der Waals surface area (Å²) in [5.41, 5.74) is 4.07. The van der Waals surface area contributed by atoms with Gasteiger partial charge in [-0.25, -0.2) is 9.67 Å². The number of hydrogen-bond donors (Lipinski definition) is 2. The second kappa shape index (κ2) is 6.53. The van der Waals surface area contributed by atoms with Crippen LogP contribution >= 0.6 is 11.8 Å². The molecule has 1 aromatic heterocycles. The Morgan fingerprint density at radius 3 is 2.54 bits per heavy atom. The molecule has 5 nitrogen and oxygen atoms in total. The van der Waals surface area contributed by atoms with Crippen LogP contribution in [0.1, 0.15) is 34.6 Å². The lowest BCUT2D eigenvalue weighted by atomic mass is 10.0. The maximum atomic E-state index is 9.90. The molecule has 3 aromatic rings. The quantitative estimate of drug-likeness (QED) is 0.669. The molecule has 26 heavy (non-hydrogen) atoms. The van der Waals surface area contributed by atoms with Crippen molar-refractivity contribution in [3.05, 3.63) is 70.9 Å². The molecule has 1 aliphatic rings. The van der Waals surface area contributed by atoms with Gasteiger partial charge in [0.2, 0.25) is 0 Å². The van der Waals surface area contributed by atoms with Crippen molar-refractivity contribution in [2.45, 2.75) is 25.6 Å². The van der Waals surface area contributed by atoms with Gasteiger partial charge in [0.15, 0.2) is 17.3 Å². The summed E-state index contributed by atoms with van der Waals surface area (Å²) in [4.78, 5) is 4.75. The maximum Gasteiger partial charge on any atom is 0.157 e. The van der Waals surface area contributed by atoms with Crippen molar-refractivity contribution >= 4 is 22.6 Å². The third-order valence-electron chi connectivity index (χ3n) is 4.44. The van der Waals surface area contributed by atoms with Gasteiger partial charge in [0.25, 0.3) is 0 Å². The zero-order valence-corrected chi connectivity index (χ0v) is 15.4. The molecule has 4 rings (SSSR count). The van der Waals surface area contributed by atoms with Crippen LogP contribution < -0.4 is 0 Å². The largest absolute Gasteiger partial charge is 0.504 e. The number of nitrogens with zero attached hydrogens (tertiary/aromatic N) is 3. The predicted molar refractivity (Wildman–Crippen MR) is 104 cm³/mol. The van der Waals surface area contributed by atoms with Crippen molar-refractivity contribution in [2.24, 2.45) is 4.99 Å². The van der Waals surface area contributed by atoms with Gasteiger partial charge in [0, 0.05) is 5.56 Å². The highest BCUT2D eigenvalue weighted by Gasteiger charge is 2.30. The molecule has 1 atom stereocenters.